The zero-order chi connectivity index (χ0) is 32.1. The van der Waals surface area contributed by atoms with Crippen molar-refractivity contribution in [3.05, 3.63) is 194 Å². The predicted octanol–water partition coefficient (Wildman–Crippen LogP) is 12.1. The minimum absolute atomic E-state index is 0.828. The van der Waals surface area contributed by atoms with Crippen molar-refractivity contribution >= 4 is 0 Å². The molecule has 2 aromatic heterocycles. The van der Waals surface area contributed by atoms with Crippen LogP contribution in [0.1, 0.15) is 0 Å². The van der Waals surface area contributed by atoms with Crippen LogP contribution >= 0.6 is 0 Å². The highest BCUT2D eigenvalue weighted by Crippen LogP contribution is 2.35. The lowest BCUT2D eigenvalue weighted by molar-refractivity contribution is 1.25. The highest BCUT2D eigenvalue weighted by Gasteiger charge is 2.14. The summed E-state index contributed by atoms with van der Waals surface area (Å²) < 4.78 is 0. The van der Waals surface area contributed by atoms with E-state index in [0.29, 0.717) is 0 Å². The molecule has 0 amide bonds. The van der Waals surface area contributed by atoms with Gasteiger partial charge in [0.05, 0.1) is 22.8 Å². The first-order chi connectivity index (χ1) is 23.8. The van der Waals surface area contributed by atoms with E-state index in [1.54, 1.807) is 0 Å². The minimum atomic E-state index is 0.828. The number of rotatable bonds is 7. The van der Waals surface area contributed by atoms with Crippen LogP contribution in [0.15, 0.2) is 194 Å². The van der Waals surface area contributed by atoms with Gasteiger partial charge in [0.2, 0.25) is 0 Å². The standard InChI is InChI=1S/C46H32N2/c1-5-15-33(16-6-1)37-23-13-25-39(27-37)43-29-41(35-19-9-3-10-20-35)31-45(47-43)46-32-42(36-21-11-4-12-22-36)30-44(48-46)40-26-14-24-38(28-40)34-17-7-2-8-18-34/h1-32H. The molecule has 226 valence electrons. The molecule has 8 aromatic rings. The van der Waals surface area contributed by atoms with Crippen molar-refractivity contribution in [3.63, 3.8) is 0 Å². The summed E-state index contributed by atoms with van der Waals surface area (Å²) >= 11 is 0. The molecule has 48 heavy (non-hydrogen) atoms. The van der Waals surface area contributed by atoms with Gasteiger partial charge < -0.3 is 0 Å². The van der Waals surface area contributed by atoms with Crippen molar-refractivity contribution in [3.8, 4) is 78.4 Å². The van der Waals surface area contributed by atoms with E-state index in [1.165, 1.54) is 11.1 Å². The molecule has 2 heterocycles. The van der Waals surface area contributed by atoms with Gasteiger partial charge in [-0.25, -0.2) is 9.97 Å². The van der Waals surface area contributed by atoms with Gasteiger partial charge in [-0.1, -0.05) is 158 Å². The Kier molecular flexibility index (Phi) is 7.96. The zero-order valence-electron chi connectivity index (χ0n) is 26.4. The number of pyridine rings is 2. The van der Waals surface area contributed by atoms with Crippen LogP contribution in [0.25, 0.3) is 78.4 Å². The Labute approximate surface area is 281 Å². The van der Waals surface area contributed by atoms with Gasteiger partial charge in [-0.2, -0.15) is 0 Å². The molecule has 0 bridgehead atoms. The zero-order valence-corrected chi connectivity index (χ0v) is 26.4. The van der Waals surface area contributed by atoms with Gasteiger partial charge in [0.25, 0.3) is 0 Å². The summed E-state index contributed by atoms with van der Waals surface area (Å²) in [6, 6.07) is 68.0. The first-order valence-electron chi connectivity index (χ1n) is 16.2. The second-order valence-corrected chi connectivity index (χ2v) is 11.9. The van der Waals surface area contributed by atoms with Gasteiger partial charge in [0, 0.05) is 11.1 Å². The molecule has 0 unspecified atom stereocenters. The molecule has 0 radical (unpaired) electrons. The Morgan fingerprint density at radius 2 is 0.458 bits per heavy atom. The van der Waals surface area contributed by atoms with Gasteiger partial charge >= 0.3 is 0 Å². The molecule has 0 aliphatic rings. The smallest absolute Gasteiger partial charge is 0.0900 e. The summed E-state index contributed by atoms with van der Waals surface area (Å²) in [4.78, 5) is 10.6. The molecule has 2 heteroatoms. The second kappa shape index (κ2) is 13.2. The van der Waals surface area contributed by atoms with Crippen LogP contribution in [0.2, 0.25) is 0 Å². The molecule has 8 rings (SSSR count). The normalized spacial score (nSPS) is 10.9. The van der Waals surface area contributed by atoms with E-state index < -0.39 is 0 Å². The largest absolute Gasteiger partial charge is 0.246 e. The molecule has 0 saturated heterocycles. The highest BCUT2D eigenvalue weighted by atomic mass is 14.8. The van der Waals surface area contributed by atoms with Crippen LogP contribution in [0.4, 0.5) is 0 Å². The van der Waals surface area contributed by atoms with Crippen molar-refractivity contribution in [1.82, 2.24) is 9.97 Å². The number of nitrogens with zero attached hydrogens (tertiary/aromatic N) is 2. The Morgan fingerprint density at radius 3 is 0.812 bits per heavy atom. The maximum absolute atomic E-state index is 5.31. The number of aromatic nitrogens is 2. The lowest BCUT2D eigenvalue weighted by atomic mass is 9.97. The van der Waals surface area contributed by atoms with Crippen LogP contribution < -0.4 is 0 Å². The van der Waals surface area contributed by atoms with Gasteiger partial charge in [-0.15, -0.1) is 0 Å². The summed E-state index contributed by atoms with van der Waals surface area (Å²) in [5.74, 6) is 0. The monoisotopic (exact) mass is 612 g/mol. The average molecular weight is 613 g/mol. The van der Waals surface area contributed by atoms with Crippen LogP contribution in [-0.4, -0.2) is 9.97 Å². The number of benzene rings is 6. The Balaban J connectivity index is 1.31. The minimum Gasteiger partial charge on any atom is -0.246 e. The molecular formula is C46H32N2. The Hall–Kier alpha value is -6.38. The van der Waals surface area contributed by atoms with E-state index in [9.17, 15) is 0 Å². The fourth-order valence-corrected chi connectivity index (χ4v) is 6.19. The van der Waals surface area contributed by atoms with Crippen molar-refractivity contribution in [1.29, 1.82) is 0 Å². The van der Waals surface area contributed by atoms with Crippen LogP contribution in [0, 0.1) is 0 Å². The van der Waals surface area contributed by atoms with E-state index in [0.717, 1.165) is 67.3 Å². The quantitative estimate of drug-likeness (QED) is 0.179. The Bertz CT molecular complexity index is 2150. The summed E-state index contributed by atoms with van der Waals surface area (Å²) in [7, 11) is 0. The molecule has 0 N–H and O–H groups in total. The van der Waals surface area contributed by atoms with Crippen molar-refractivity contribution in [2.24, 2.45) is 0 Å². The average Bonchev–Trinajstić information content (AvgIpc) is 3.19. The molecule has 0 aliphatic carbocycles. The number of hydrogen-bond acceptors (Lipinski definition) is 2. The van der Waals surface area contributed by atoms with Gasteiger partial charge in [-0.05, 0) is 80.9 Å². The van der Waals surface area contributed by atoms with E-state index >= 15 is 0 Å². The number of hydrogen-bond donors (Lipinski definition) is 0. The van der Waals surface area contributed by atoms with E-state index in [-0.39, 0.29) is 0 Å². The van der Waals surface area contributed by atoms with Crippen molar-refractivity contribution in [2.75, 3.05) is 0 Å². The topological polar surface area (TPSA) is 25.8 Å². The fourth-order valence-electron chi connectivity index (χ4n) is 6.19. The van der Waals surface area contributed by atoms with Crippen LogP contribution in [-0.2, 0) is 0 Å². The van der Waals surface area contributed by atoms with Gasteiger partial charge in [-0.3, -0.25) is 0 Å². The Morgan fingerprint density at radius 1 is 0.188 bits per heavy atom. The van der Waals surface area contributed by atoms with Crippen LogP contribution in [0.5, 0.6) is 0 Å². The maximum Gasteiger partial charge on any atom is 0.0900 e. The summed E-state index contributed by atoms with van der Waals surface area (Å²) in [5, 5.41) is 0. The second-order valence-electron chi connectivity index (χ2n) is 11.9. The first-order valence-corrected chi connectivity index (χ1v) is 16.2. The van der Waals surface area contributed by atoms with Crippen molar-refractivity contribution < 1.29 is 0 Å². The third-order valence-corrected chi connectivity index (χ3v) is 8.66. The summed E-state index contributed by atoms with van der Waals surface area (Å²) in [6.07, 6.45) is 0. The molecule has 0 spiro atoms. The van der Waals surface area contributed by atoms with Gasteiger partial charge in [0.15, 0.2) is 0 Å². The maximum atomic E-state index is 5.31. The van der Waals surface area contributed by atoms with E-state index in [2.05, 4.69) is 182 Å². The van der Waals surface area contributed by atoms with Crippen molar-refractivity contribution in [2.45, 2.75) is 0 Å². The molecule has 0 fully saturated rings. The summed E-state index contributed by atoms with van der Waals surface area (Å²) in [6.45, 7) is 0. The van der Waals surface area contributed by atoms with Gasteiger partial charge in [0.1, 0.15) is 0 Å². The third kappa shape index (κ3) is 6.20. The molecular weight excluding hydrogens is 581 g/mol. The molecule has 2 nitrogen and oxygen atoms in total. The lowest BCUT2D eigenvalue weighted by Crippen LogP contribution is -1.96. The fraction of sp³-hybridized carbons (Fsp3) is 0. The molecule has 0 atom stereocenters. The highest BCUT2D eigenvalue weighted by molar-refractivity contribution is 5.82. The van der Waals surface area contributed by atoms with E-state index in [1.807, 2.05) is 12.1 Å². The summed E-state index contributed by atoms with van der Waals surface area (Å²) in [5.41, 5.74) is 14.7. The molecule has 6 aromatic carbocycles. The predicted molar refractivity (Wildman–Crippen MR) is 200 cm³/mol. The third-order valence-electron chi connectivity index (χ3n) is 8.66. The van der Waals surface area contributed by atoms with Crippen LogP contribution in [0.3, 0.4) is 0 Å². The molecule has 0 saturated carbocycles. The first kappa shape index (κ1) is 29.1. The van der Waals surface area contributed by atoms with E-state index in [4.69, 9.17) is 9.97 Å². The molecule has 0 aliphatic heterocycles. The lowest BCUT2D eigenvalue weighted by Gasteiger charge is -2.14. The SMILES string of the molecule is c1ccc(-c2cccc(-c3cc(-c4ccccc4)cc(-c4cc(-c5ccccc5)cc(-c5cccc(-c6ccccc6)c5)n4)n3)c2)cc1.